The molecule has 1 N–H and O–H groups in total. The number of likely N-dealkylation sites (tertiary alicyclic amines) is 1. The zero-order valence-corrected chi connectivity index (χ0v) is 28.5. The van der Waals surface area contributed by atoms with E-state index in [1.54, 1.807) is 24.3 Å². The molecule has 1 saturated carbocycles. The molecule has 0 aromatic heterocycles. The van der Waals surface area contributed by atoms with Crippen molar-refractivity contribution in [3.63, 3.8) is 0 Å². The van der Waals surface area contributed by atoms with Gasteiger partial charge in [-0.1, -0.05) is 61.7 Å². The Balaban J connectivity index is 1.14. The van der Waals surface area contributed by atoms with Crippen LogP contribution in [0.3, 0.4) is 0 Å². The largest absolute Gasteiger partial charge is 0.340 e. The van der Waals surface area contributed by atoms with Gasteiger partial charge in [0.25, 0.3) is 0 Å². The number of allylic oxidation sites excluding steroid dienone is 1. The van der Waals surface area contributed by atoms with Gasteiger partial charge in [-0.05, 0) is 87.1 Å². The standard InChI is InChI=1S/C37H52N4O4S/c1-3-40(37(43)26-29-14-16-35(17-15-29)46(2,44)45)33-19-22-39(23-20-33)24-21-36(30-10-6-4-7-11-30)31-18-25-41(34(27-31)28-42)38-32-12-8-5-9-13-32/h4,6-7,10-11,14-17,31-33,36,38H,3,5,8-9,12-13,18-27H2,1-2H3. The van der Waals surface area contributed by atoms with Crippen molar-refractivity contribution < 1.29 is 18.0 Å². The third-order valence-electron chi connectivity index (χ3n) is 10.5. The van der Waals surface area contributed by atoms with Crippen molar-refractivity contribution in [2.75, 3.05) is 39.0 Å². The smallest absolute Gasteiger partial charge is 0.227 e. The number of piperidine rings is 2. The molecule has 250 valence electrons. The zero-order valence-electron chi connectivity index (χ0n) is 27.7. The number of nitrogens with zero attached hydrogens (tertiary/aromatic N) is 3. The molecule has 2 unspecified atom stereocenters. The highest BCUT2D eigenvalue weighted by molar-refractivity contribution is 7.90. The Hall–Kier alpha value is -2.97. The van der Waals surface area contributed by atoms with E-state index in [1.807, 2.05) is 11.8 Å². The van der Waals surface area contributed by atoms with Crippen molar-refractivity contribution in [2.24, 2.45) is 5.92 Å². The Morgan fingerprint density at radius 2 is 1.65 bits per heavy atom. The molecule has 9 heteroatoms. The topological polar surface area (TPSA) is 90.0 Å². The van der Waals surface area contributed by atoms with Gasteiger partial charge < -0.3 is 14.8 Å². The van der Waals surface area contributed by atoms with Gasteiger partial charge in [0.1, 0.15) is 11.6 Å². The van der Waals surface area contributed by atoms with Gasteiger partial charge in [0.05, 0.1) is 11.3 Å². The van der Waals surface area contributed by atoms with Gasteiger partial charge in [0, 0.05) is 50.9 Å². The van der Waals surface area contributed by atoms with Crippen molar-refractivity contribution in [2.45, 2.75) is 100 Å². The molecular weight excluding hydrogens is 596 g/mol. The Bertz CT molecular complexity index is 1430. The van der Waals surface area contributed by atoms with Crippen LogP contribution < -0.4 is 5.43 Å². The zero-order chi connectivity index (χ0) is 32.5. The van der Waals surface area contributed by atoms with E-state index in [0.717, 1.165) is 69.5 Å². The van der Waals surface area contributed by atoms with Gasteiger partial charge in [-0.2, -0.15) is 0 Å². The summed E-state index contributed by atoms with van der Waals surface area (Å²) in [5.41, 5.74) is 6.63. The Labute approximate surface area is 276 Å². The number of hydrogen-bond acceptors (Lipinski definition) is 7. The predicted molar refractivity (Wildman–Crippen MR) is 183 cm³/mol. The summed E-state index contributed by atoms with van der Waals surface area (Å²) in [6.45, 7) is 6.48. The molecule has 3 fully saturated rings. The number of sulfone groups is 1. The summed E-state index contributed by atoms with van der Waals surface area (Å²) in [7, 11) is -3.26. The molecule has 2 aromatic rings. The summed E-state index contributed by atoms with van der Waals surface area (Å²) in [4.78, 5) is 30.3. The van der Waals surface area contributed by atoms with Crippen LogP contribution in [0.2, 0.25) is 0 Å². The van der Waals surface area contributed by atoms with E-state index in [2.05, 4.69) is 51.6 Å². The molecule has 46 heavy (non-hydrogen) atoms. The monoisotopic (exact) mass is 648 g/mol. The minimum Gasteiger partial charge on any atom is -0.340 e. The van der Waals surface area contributed by atoms with Gasteiger partial charge in [0.2, 0.25) is 5.91 Å². The Morgan fingerprint density at radius 1 is 0.957 bits per heavy atom. The minimum atomic E-state index is -3.26. The van der Waals surface area contributed by atoms with E-state index >= 15 is 0 Å². The number of amides is 1. The van der Waals surface area contributed by atoms with Gasteiger partial charge >= 0.3 is 0 Å². The van der Waals surface area contributed by atoms with Crippen LogP contribution in [-0.2, 0) is 25.8 Å². The number of benzene rings is 2. The lowest BCUT2D eigenvalue weighted by Gasteiger charge is -2.41. The number of hydrogen-bond donors (Lipinski definition) is 1. The van der Waals surface area contributed by atoms with Crippen molar-refractivity contribution >= 4 is 21.7 Å². The first kappa shape index (κ1) is 34.4. The van der Waals surface area contributed by atoms with Crippen LogP contribution in [0.4, 0.5) is 0 Å². The summed E-state index contributed by atoms with van der Waals surface area (Å²) in [6, 6.07) is 18.2. The highest BCUT2D eigenvalue weighted by Gasteiger charge is 2.33. The van der Waals surface area contributed by atoms with Gasteiger partial charge in [0.15, 0.2) is 9.84 Å². The molecule has 1 aliphatic carbocycles. The van der Waals surface area contributed by atoms with Crippen molar-refractivity contribution in [1.82, 2.24) is 20.2 Å². The maximum absolute atomic E-state index is 13.3. The number of carbonyl (C=O) groups excluding carboxylic acids is 2. The fourth-order valence-electron chi connectivity index (χ4n) is 7.85. The SMILES string of the molecule is CCN(C(=O)Cc1ccc(S(C)(=O)=O)cc1)C1CCN(CCC(c2ccccc2)C2CCN(NC3CCCCC3)C(=C=O)C2)CC1. The molecule has 3 aliphatic rings. The molecule has 0 radical (unpaired) electrons. The minimum absolute atomic E-state index is 0.0977. The van der Waals surface area contributed by atoms with Crippen LogP contribution in [0.1, 0.15) is 88.2 Å². The average Bonchev–Trinajstić information content (AvgIpc) is 3.07. The second kappa shape index (κ2) is 16.2. The van der Waals surface area contributed by atoms with Crippen LogP contribution in [0.25, 0.3) is 0 Å². The van der Waals surface area contributed by atoms with Crippen LogP contribution in [0, 0.1) is 5.92 Å². The molecule has 0 bridgehead atoms. The number of likely N-dealkylation sites (N-methyl/N-ethyl adjacent to an activating group) is 1. The molecule has 2 aromatic carbocycles. The van der Waals surface area contributed by atoms with Crippen molar-refractivity contribution in [1.29, 1.82) is 0 Å². The van der Waals surface area contributed by atoms with E-state index in [9.17, 15) is 18.0 Å². The molecule has 1 amide bonds. The highest BCUT2D eigenvalue weighted by Crippen LogP contribution is 2.38. The van der Waals surface area contributed by atoms with E-state index in [-0.39, 0.29) is 23.3 Å². The lowest BCUT2D eigenvalue weighted by Crippen LogP contribution is -2.49. The summed E-state index contributed by atoms with van der Waals surface area (Å²) in [6.07, 6.45) is 12.4. The van der Waals surface area contributed by atoms with Crippen LogP contribution in [0.5, 0.6) is 0 Å². The molecular formula is C37H52N4O4S. The first-order valence-corrected chi connectivity index (χ1v) is 19.3. The third-order valence-corrected chi connectivity index (χ3v) is 11.6. The summed E-state index contributed by atoms with van der Waals surface area (Å²) < 4.78 is 23.6. The Kier molecular flexibility index (Phi) is 12.1. The maximum atomic E-state index is 13.3. The number of rotatable bonds is 12. The lowest BCUT2D eigenvalue weighted by atomic mass is 9.77. The molecule has 2 aliphatic heterocycles. The van der Waals surface area contributed by atoms with Crippen LogP contribution in [-0.4, -0.2) is 86.1 Å². The van der Waals surface area contributed by atoms with Gasteiger partial charge in [-0.25, -0.2) is 18.6 Å². The van der Waals surface area contributed by atoms with E-state index in [0.29, 0.717) is 24.4 Å². The summed E-state index contributed by atoms with van der Waals surface area (Å²) >= 11 is 0. The van der Waals surface area contributed by atoms with Crippen LogP contribution >= 0.6 is 0 Å². The predicted octanol–water partition coefficient (Wildman–Crippen LogP) is 5.38. The number of hydrazine groups is 1. The van der Waals surface area contributed by atoms with E-state index in [4.69, 9.17) is 0 Å². The number of nitrogens with one attached hydrogen (secondary N) is 1. The van der Waals surface area contributed by atoms with E-state index in [1.165, 1.54) is 43.9 Å². The van der Waals surface area contributed by atoms with Crippen LogP contribution in [0.15, 0.2) is 65.2 Å². The summed E-state index contributed by atoms with van der Waals surface area (Å²) in [5, 5.41) is 2.11. The molecule has 5 rings (SSSR count). The first-order chi connectivity index (χ1) is 22.2. The summed E-state index contributed by atoms with van der Waals surface area (Å²) in [5.74, 6) is 3.18. The first-order valence-electron chi connectivity index (χ1n) is 17.4. The Morgan fingerprint density at radius 3 is 2.28 bits per heavy atom. The molecule has 2 heterocycles. The second-order valence-electron chi connectivity index (χ2n) is 13.6. The van der Waals surface area contributed by atoms with Gasteiger partial charge in [-0.3, -0.25) is 4.79 Å². The van der Waals surface area contributed by atoms with Crippen molar-refractivity contribution in [3.8, 4) is 0 Å². The fourth-order valence-corrected chi connectivity index (χ4v) is 8.48. The molecule has 2 saturated heterocycles. The lowest BCUT2D eigenvalue weighted by molar-refractivity contribution is -0.133. The molecule has 0 spiro atoms. The highest BCUT2D eigenvalue weighted by atomic mass is 32.2. The van der Waals surface area contributed by atoms with Crippen molar-refractivity contribution in [3.05, 3.63) is 71.4 Å². The average molecular weight is 649 g/mol. The normalized spacial score (nSPS) is 21.1. The number of carbonyl (C=O) groups is 1. The van der Waals surface area contributed by atoms with E-state index < -0.39 is 9.84 Å². The second-order valence-corrected chi connectivity index (χ2v) is 15.6. The fraction of sp³-hybridized carbons (Fsp3) is 0.595. The quantitative estimate of drug-likeness (QED) is 0.309. The molecule has 8 nitrogen and oxygen atoms in total. The maximum Gasteiger partial charge on any atom is 0.227 e. The third kappa shape index (κ3) is 9.09. The van der Waals surface area contributed by atoms with Gasteiger partial charge in [-0.15, -0.1) is 0 Å². The molecule has 2 atom stereocenters.